The van der Waals surface area contributed by atoms with Gasteiger partial charge in [-0.1, -0.05) is 6.07 Å². The van der Waals surface area contributed by atoms with Crippen LogP contribution in [-0.2, 0) is 9.53 Å². The third-order valence-electron chi connectivity index (χ3n) is 3.48. The lowest BCUT2D eigenvalue weighted by atomic mass is 9.88. The van der Waals surface area contributed by atoms with Gasteiger partial charge in [0, 0.05) is 12.5 Å². The first-order chi connectivity index (χ1) is 9.29. The highest BCUT2D eigenvalue weighted by molar-refractivity contribution is 5.90. The largest absolute Gasteiger partial charge is 0.454 e. The Bertz CT molecular complexity index is 543. The Kier molecular flexibility index (Phi) is 3.10. The second-order valence-corrected chi connectivity index (χ2v) is 4.64. The number of nitrogens with zero attached hydrogens (tertiary/aromatic N) is 1. The third kappa shape index (κ3) is 2.15. The number of ether oxygens (including phenoxy) is 3. The van der Waals surface area contributed by atoms with E-state index in [-0.39, 0.29) is 18.5 Å². The maximum absolute atomic E-state index is 12.3. The van der Waals surface area contributed by atoms with Gasteiger partial charge in [-0.15, -0.1) is 0 Å². The zero-order valence-electron chi connectivity index (χ0n) is 10.3. The van der Waals surface area contributed by atoms with Crippen LogP contribution in [0.25, 0.3) is 0 Å². The lowest BCUT2D eigenvalue weighted by Crippen LogP contribution is -2.21. The standard InChI is InChI=1S/C14H13NO4/c15-6-11(14(16)10-3-4-17-7-10)9-1-2-12-13(5-9)19-8-18-12/h1-2,5,10-11H,3-4,7-8H2. The fourth-order valence-corrected chi connectivity index (χ4v) is 2.39. The number of carbonyl (C=O) groups is 1. The van der Waals surface area contributed by atoms with Gasteiger partial charge in [-0.2, -0.15) is 5.26 Å². The summed E-state index contributed by atoms with van der Waals surface area (Å²) >= 11 is 0. The summed E-state index contributed by atoms with van der Waals surface area (Å²) in [4.78, 5) is 12.3. The Morgan fingerprint density at radius 2 is 2.21 bits per heavy atom. The van der Waals surface area contributed by atoms with E-state index in [1.165, 1.54) is 0 Å². The van der Waals surface area contributed by atoms with Gasteiger partial charge in [-0.25, -0.2) is 0 Å². The molecule has 0 bridgehead atoms. The van der Waals surface area contributed by atoms with Gasteiger partial charge in [0.05, 0.1) is 12.7 Å². The summed E-state index contributed by atoms with van der Waals surface area (Å²) in [5.74, 6) is 0.237. The predicted octanol–water partition coefficient (Wildman–Crippen LogP) is 1.63. The Morgan fingerprint density at radius 1 is 1.37 bits per heavy atom. The van der Waals surface area contributed by atoms with Crippen molar-refractivity contribution in [2.75, 3.05) is 20.0 Å². The molecular weight excluding hydrogens is 246 g/mol. The van der Waals surface area contributed by atoms with Crippen molar-refractivity contribution >= 4 is 5.78 Å². The molecule has 3 rings (SSSR count). The normalized spacial score (nSPS) is 21.9. The molecule has 1 aromatic rings. The fourth-order valence-electron chi connectivity index (χ4n) is 2.39. The van der Waals surface area contributed by atoms with E-state index in [9.17, 15) is 10.1 Å². The molecule has 0 amide bonds. The summed E-state index contributed by atoms with van der Waals surface area (Å²) in [6, 6.07) is 7.28. The van der Waals surface area contributed by atoms with Crippen molar-refractivity contribution in [2.45, 2.75) is 12.3 Å². The lowest BCUT2D eigenvalue weighted by molar-refractivity contribution is -0.123. The zero-order chi connectivity index (χ0) is 13.2. The molecule has 0 saturated carbocycles. The van der Waals surface area contributed by atoms with Crippen LogP contribution in [0.4, 0.5) is 0 Å². The second kappa shape index (κ2) is 4.90. The van der Waals surface area contributed by atoms with Gasteiger partial charge in [0.25, 0.3) is 0 Å². The number of benzene rings is 1. The molecule has 19 heavy (non-hydrogen) atoms. The van der Waals surface area contributed by atoms with E-state index < -0.39 is 5.92 Å². The Labute approximate surface area is 110 Å². The van der Waals surface area contributed by atoms with Crippen molar-refractivity contribution in [1.82, 2.24) is 0 Å². The number of Topliss-reactive ketones (excluding diaryl/α,β-unsaturated/α-hetero) is 1. The van der Waals surface area contributed by atoms with Crippen molar-refractivity contribution in [3.63, 3.8) is 0 Å². The molecule has 2 unspecified atom stereocenters. The molecule has 1 aromatic carbocycles. The van der Waals surface area contributed by atoms with E-state index in [1.807, 2.05) is 0 Å². The van der Waals surface area contributed by atoms with E-state index >= 15 is 0 Å². The minimum absolute atomic E-state index is 0.0705. The molecule has 98 valence electrons. The quantitative estimate of drug-likeness (QED) is 0.825. The van der Waals surface area contributed by atoms with Gasteiger partial charge >= 0.3 is 0 Å². The maximum Gasteiger partial charge on any atom is 0.231 e. The van der Waals surface area contributed by atoms with Crippen molar-refractivity contribution in [2.24, 2.45) is 5.92 Å². The SMILES string of the molecule is N#CC(C(=O)C1CCOC1)c1ccc2c(c1)OCO2. The molecule has 2 heterocycles. The highest BCUT2D eigenvalue weighted by Gasteiger charge is 2.31. The molecule has 0 aliphatic carbocycles. The number of carbonyl (C=O) groups excluding carboxylic acids is 1. The van der Waals surface area contributed by atoms with Crippen LogP contribution in [0.5, 0.6) is 11.5 Å². The summed E-state index contributed by atoms with van der Waals surface area (Å²) in [5.41, 5.74) is 0.656. The van der Waals surface area contributed by atoms with Crippen molar-refractivity contribution in [1.29, 1.82) is 5.26 Å². The van der Waals surface area contributed by atoms with E-state index in [0.717, 1.165) is 0 Å². The summed E-state index contributed by atoms with van der Waals surface area (Å²) in [6.45, 7) is 1.19. The van der Waals surface area contributed by atoms with Crippen LogP contribution >= 0.6 is 0 Å². The monoisotopic (exact) mass is 259 g/mol. The Balaban J connectivity index is 1.86. The molecule has 2 aliphatic rings. The third-order valence-corrected chi connectivity index (χ3v) is 3.48. The number of fused-ring (bicyclic) bond motifs is 1. The summed E-state index contributed by atoms with van der Waals surface area (Å²) in [6.07, 6.45) is 0.696. The first kappa shape index (κ1) is 12.0. The minimum Gasteiger partial charge on any atom is -0.454 e. The zero-order valence-corrected chi connectivity index (χ0v) is 10.3. The van der Waals surface area contributed by atoms with Gasteiger partial charge in [-0.05, 0) is 24.1 Å². The summed E-state index contributed by atoms with van der Waals surface area (Å²) in [5, 5.41) is 9.28. The van der Waals surface area contributed by atoms with Gasteiger partial charge < -0.3 is 14.2 Å². The molecule has 0 spiro atoms. The number of ketones is 1. The molecule has 0 radical (unpaired) electrons. The van der Waals surface area contributed by atoms with Crippen molar-refractivity contribution in [3.8, 4) is 17.6 Å². The van der Waals surface area contributed by atoms with Gasteiger partial charge in [-0.3, -0.25) is 4.79 Å². The highest BCUT2D eigenvalue weighted by Crippen LogP contribution is 2.35. The molecule has 2 aliphatic heterocycles. The van der Waals surface area contributed by atoms with Crippen LogP contribution in [0.2, 0.25) is 0 Å². The Morgan fingerprint density at radius 3 is 2.95 bits per heavy atom. The second-order valence-electron chi connectivity index (χ2n) is 4.64. The van der Waals surface area contributed by atoms with E-state index in [2.05, 4.69) is 6.07 Å². The smallest absolute Gasteiger partial charge is 0.231 e. The number of hydrogen-bond donors (Lipinski definition) is 0. The highest BCUT2D eigenvalue weighted by atomic mass is 16.7. The molecular formula is C14H13NO4. The topological polar surface area (TPSA) is 68.6 Å². The maximum atomic E-state index is 12.3. The van der Waals surface area contributed by atoms with Crippen LogP contribution in [0.1, 0.15) is 17.9 Å². The van der Waals surface area contributed by atoms with Crippen LogP contribution < -0.4 is 9.47 Å². The van der Waals surface area contributed by atoms with Crippen LogP contribution in [0.3, 0.4) is 0 Å². The summed E-state index contributed by atoms with van der Waals surface area (Å²) in [7, 11) is 0. The van der Waals surface area contributed by atoms with Gasteiger partial charge in [0.15, 0.2) is 17.3 Å². The van der Waals surface area contributed by atoms with Gasteiger partial charge in [0.2, 0.25) is 6.79 Å². The van der Waals surface area contributed by atoms with Crippen LogP contribution in [0.15, 0.2) is 18.2 Å². The molecule has 0 aromatic heterocycles. The molecule has 1 saturated heterocycles. The molecule has 1 fully saturated rings. The average molecular weight is 259 g/mol. The molecule has 0 N–H and O–H groups in total. The first-order valence-electron chi connectivity index (χ1n) is 6.20. The van der Waals surface area contributed by atoms with E-state index in [0.29, 0.717) is 36.7 Å². The number of nitriles is 1. The number of hydrogen-bond acceptors (Lipinski definition) is 5. The fraction of sp³-hybridized carbons (Fsp3) is 0.429. The molecule has 2 atom stereocenters. The summed E-state index contributed by atoms with van der Waals surface area (Å²) < 4.78 is 15.7. The molecule has 5 nitrogen and oxygen atoms in total. The minimum atomic E-state index is -0.763. The Hall–Kier alpha value is -2.06. The number of rotatable bonds is 3. The first-order valence-corrected chi connectivity index (χ1v) is 6.20. The predicted molar refractivity (Wildman–Crippen MR) is 64.9 cm³/mol. The van der Waals surface area contributed by atoms with Crippen LogP contribution in [-0.4, -0.2) is 25.8 Å². The van der Waals surface area contributed by atoms with E-state index in [4.69, 9.17) is 14.2 Å². The van der Waals surface area contributed by atoms with Crippen molar-refractivity contribution in [3.05, 3.63) is 23.8 Å². The average Bonchev–Trinajstić information content (AvgIpc) is 3.10. The van der Waals surface area contributed by atoms with E-state index in [1.54, 1.807) is 18.2 Å². The van der Waals surface area contributed by atoms with Crippen molar-refractivity contribution < 1.29 is 19.0 Å². The lowest BCUT2D eigenvalue weighted by Gasteiger charge is -2.12. The van der Waals surface area contributed by atoms with Crippen LogP contribution in [0, 0.1) is 17.2 Å². The molecule has 5 heteroatoms. The van der Waals surface area contributed by atoms with Gasteiger partial charge in [0.1, 0.15) is 5.92 Å².